The average molecular weight is 257 g/mol. The summed E-state index contributed by atoms with van der Waals surface area (Å²) in [5.74, 6) is 0.0271. The standard InChI is InChI=1S/C10H12FN3O4/c11-3-5-8(16)6(4-15)18-9(5)14-2-1-7(12)13-10(14)17/h1-3,6,8-9,15-16H,4H2,(H2,12,13,17)/b5-3-/t6-,8+,9-/m1/s1. The van der Waals surface area contributed by atoms with Crippen LogP contribution in [0.3, 0.4) is 0 Å². The molecular formula is C10H12FN3O4. The van der Waals surface area contributed by atoms with Crippen molar-refractivity contribution in [2.75, 3.05) is 12.3 Å². The molecule has 0 bridgehead atoms. The molecule has 2 heterocycles. The van der Waals surface area contributed by atoms with Crippen LogP contribution in [0, 0.1) is 0 Å². The molecule has 2 rings (SSSR count). The van der Waals surface area contributed by atoms with Gasteiger partial charge in [0.2, 0.25) is 0 Å². The second kappa shape index (κ2) is 4.84. The van der Waals surface area contributed by atoms with Gasteiger partial charge in [0.25, 0.3) is 0 Å². The third kappa shape index (κ3) is 2.01. The molecule has 0 amide bonds. The Hall–Kier alpha value is -1.77. The molecule has 18 heavy (non-hydrogen) atoms. The fraction of sp³-hybridized carbons (Fsp3) is 0.400. The van der Waals surface area contributed by atoms with Gasteiger partial charge < -0.3 is 20.7 Å². The zero-order valence-corrected chi connectivity index (χ0v) is 9.23. The first-order valence-electron chi connectivity index (χ1n) is 5.17. The van der Waals surface area contributed by atoms with Crippen molar-refractivity contribution in [1.29, 1.82) is 0 Å². The van der Waals surface area contributed by atoms with Gasteiger partial charge in [-0.25, -0.2) is 9.18 Å². The zero-order chi connectivity index (χ0) is 13.3. The van der Waals surface area contributed by atoms with Gasteiger partial charge in [-0.15, -0.1) is 0 Å². The van der Waals surface area contributed by atoms with E-state index in [1.165, 1.54) is 12.3 Å². The molecule has 0 radical (unpaired) electrons. The van der Waals surface area contributed by atoms with E-state index in [0.29, 0.717) is 0 Å². The van der Waals surface area contributed by atoms with Crippen LogP contribution in [-0.4, -0.2) is 38.6 Å². The van der Waals surface area contributed by atoms with Crippen molar-refractivity contribution in [2.45, 2.75) is 18.4 Å². The summed E-state index contributed by atoms with van der Waals surface area (Å²) in [4.78, 5) is 15.1. The third-order valence-electron chi connectivity index (χ3n) is 2.69. The largest absolute Gasteiger partial charge is 0.394 e. The number of hydrogen-bond donors (Lipinski definition) is 3. The molecule has 0 aromatic carbocycles. The Kier molecular flexibility index (Phi) is 3.41. The summed E-state index contributed by atoms with van der Waals surface area (Å²) in [5, 5.41) is 18.6. The maximum Gasteiger partial charge on any atom is 0.351 e. The van der Waals surface area contributed by atoms with Crippen LogP contribution in [0.15, 0.2) is 29.0 Å². The minimum absolute atomic E-state index is 0.0271. The lowest BCUT2D eigenvalue weighted by Crippen LogP contribution is -2.28. The number of rotatable bonds is 2. The predicted octanol–water partition coefficient (Wildman–Crippen LogP) is -1.07. The number of aliphatic hydroxyl groups excluding tert-OH is 2. The summed E-state index contributed by atoms with van der Waals surface area (Å²) in [6.45, 7) is -0.494. The topological polar surface area (TPSA) is 111 Å². The minimum atomic E-state index is -1.31. The van der Waals surface area contributed by atoms with Gasteiger partial charge in [0.15, 0.2) is 6.23 Å². The van der Waals surface area contributed by atoms with Gasteiger partial charge in [-0.1, -0.05) is 0 Å². The Bertz CT molecular complexity index is 530. The Morgan fingerprint density at radius 1 is 1.67 bits per heavy atom. The average Bonchev–Trinajstić information content (AvgIpc) is 2.65. The summed E-state index contributed by atoms with van der Waals surface area (Å²) in [5.41, 5.74) is 4.45. The van der Waals surface area contributed by atoms with Crippen LogP contribution in [0.4, 0.5) is 10.2 Å². The van der Waals surface area contributed by atoms with E-state index in [4.69, 9.17) is 15.6 Å². The Balaban J connectivity index is 2.41. The molecular weight excluding hydrogens is 245 g/mol. The van der Waals surface area contributed by atoms with E-state index in [1.54, 1.807) is 0 Å². The Morgan fingerprint density at radius 3 is 2.94 bits per heavy atom. The highest BCUT2D eigenvalue weighted by molar-refractivity contribution is 5.25. The molecule has 1 aromatic rings. The quantitative estimate of drug-likeness (QED) is 0.622. The molecule has 7 nitrogen and oxygen atoms in total. The first kappa shape index (κ1) is 12.7. The maximum absolute atomic E-state index is 12.8. The molecule has 1 saturated heterocycles. The van der Waals surface area contributed by atoms with Crippen molar-refractivity contribution >= 4 is 5.82 Å². The number of ether oxygens (including phenoxy) is 1. The molecule has 0 saturated carbocycles. The SMILES string of the molecule is Nc1ccn([C@@H]2O[C@H](CO)[C@@H](O)/C2=C/F)c(=O)n1. The van der Waals surface area contributed by atoms with Crippen molar-refractivity contribution in [2.24, 2.45) is 0 Å². The highest BCUT2D eigenvalue weighted by Gasteiger charge is 2.40. The van der Waals surface area contributed by atoms with Gasteiger partial charge in [-0.3, -0.25) is 4.57 Å². The number of anilines is 1. The first-order valence-corrected chi connectivity index (χ1v) is 5.17. The lowest BCUT2D eigenvalue weighted by molar-refractivity contribution is -0.0447. The zero-order valence-electron chi connectivity index (χ0n) is 9.23. The third-order valence-corrected chi connectivity index (χ3v) is 2.69. The van der Waals surface area contributed by atoms with Crippen LogP contribution in [0.2, 0.25) is 0 Å². The fourth-order valence-electron chi connectivity index (χ4n) is 1.77. The molecule has 8 heteroatoms. The normalized spacial score (nSPS) is 29.9. The molecule has 0 unspecified atom stereocenters. The Morgan fingerprint density at radius 2 is 2.39 bits per heavy atom. The highest BCUT2D eigenvalue weighted by Crippen LogP contribution is 2.33. The van der Waals surface area contributed by atoms with Gasteiger partial charge in [0, 0.05) is 11.8 Å². The van der Waals surface area contributed by atoms with Crippen LogP contribution >= 0.6 is 0 Å². The molecule has 0 aliphatic carbocycles. The summed E-state index contributed by atoms with van der Waals surface area (Å²) >= 11 is 0. The summed E-state index contributed by atoms with van der Waals surface area (Å²) < 4.78 is 19.0. The van der Waals surface area contributed by atoms with E-state index in [2.05, 4.69) is 4.98 Å². The van der Waals surface area contributed by atoms with Gasteiger partial charge in [-0.05, 0) is 6.07 Å². The molecule has 0 spiro atoms. The minimum Gasteiger partial charge on any atom is -0.394 e. The molecule has 4 N–H and O–H groups in total. The highest BCUT2D eigenvalue weighted by atomic mass is 19.1. The van der Waals surface area contributed by atoms with Crippen LogP contribution in [-0.2, 0) is 4.74 Å². The van der Waals surface area contributed by atoms with Crippen molar-refractivity contribution in [1.82, 2.24) is 9.55 Å². The first-order chi connectivity index (χ1) is 8.58. The van der Waals surface area contributed by atoms with E-state index in [1.807, 2.05) is 0 Å². The number of hydrogen-bond acceptors (Lipinski definition) is 6. The number of nitrogens with two attached hydrogens (primary N) is 1. The molecule has 1 aromatic heterocycles. The number of halogens is 1. The van der Waals surface area contributed by atoms with Gasteiger partial charge in [0.05, 0.1) is 12.9 Å². The lowest BCUT2D eigenvalue weighted by atomic mass is 10.1. The van der Waals surface area contributed by atoms with Crippen LogP contribution in [0.5, 0.6) is 0 Å². The fourth-order valence-corrected chi connectivity index (χ4v) is 1.77. The molecule has 1 aliphatic rings. The van der Waals surface area contributed by atoms with Crippen molar-refractivity contribution in [3.8, 4) is 0 Å². The molecule has 98 valence electrons. The van der Waals surface area contributed by atoms with Gasteiger partial charge in [0.1, 0.15) is 18.0 Å². The van der Waals surface area contributed by atoms with Gasteiger partial charge >= 0.3 is 5.69 Å². The molecule has 1 aliphatic heterocycles. The predicted molar refractivity (Wildman–Crippen MR) is 59.1 cm³/mol. The van der Waals surface area contributed by atoms with E-state index in [9.17, 15) is 14.3 Å². The summed E-state index contributed by atoms with van der Waals surface area (Å²) in [6.07, 6.45) is -1.99. The number of nitrogen functional groups attached to an aromatic ring is 1. The van der Waals surface area contributed by atoms with Crippen LogP contribution in [0.1, 0.15) is 6.23 Å². The number of nitrogens with zero attached hydrogens (tertiary/aromatic N) is 2. The van der Waals surface area contributed by atoms with E-state index in [0.717, 1.165) is 4.57 Å². The monoisotopic (exact) mass is 257 g/mol. The van der Waals surface area contributed by atoms with Crippen molar-refractivity contribution in [3.63, 3.8) is 0 Å². The van der Waals surface area contributed by atoms with E-state index < -0.39 is 30.7 Å². The van der Waals surface area contributed by atoms with E-state index in [-0.39, 0.29) is 17.7 Å². The lowest BCUT2D eigenvalue weighted by Gasteiger charge is -2.14. The smallest absolute Gasteiger partial charge is 0.351 e. The van der Waals surface area contributed by atoms with Crippen LogP contribution in [0.25, 0.3) is 0 Å². The number of aromatic nitrogens is 2. The Labute approximate surface area is 101 Å². The second-order valence-corrected chi connectivity index (χ2v) is 3.81. The summed E-state index contributed by atoms with van der Waals surface area (Å²) in [7, 11) is 0. The second-order valence-electron chi connectivity index (χ2n) is 3.81. The van der Waals surface area contributed by atoms with E-state index >= 15 is 0 Å². The van der Waals surface area contributed by atoms with Gasteiger partial charge in [-0.2, -0.15) is 4.98 Å². The summed E-state index contributed by atoms with van der Waals surface area (Å²) in [6, 6.07) is 1.35. The molecule has 3 atom stereocenters. The number of aliphatic hydroxyl groups is 2. The molecule has 1 fully saturated rings. The van der Waals surface area contributed by atoms with Crippen LogP contribution < -0.4 is 11.4 Å². The maximum atomic E-state index is 12.8. The van der Waals surface area contributed by atoms with Crippen molar-refractivity contribution < 1.29 is 19.3 Å². The van der Waals surface area contributed by atoms with Crippen molar-refractivity contribution in [3.05, 3.63) is 34.7 Å².